The van der Waals surface area contributed by atoms with Crippen molar-refractivity contribution in [1.82, 2.24) is 0 Å². The van der Waals surface area contributed by atoms with Crippen molar-refractivity contribution in [3.8, 4) is 0 Å². The highest BCUT2D eigenvalue weighted by molar-refractivity contribution is 5.69. The molecule has 2 saturated heterocycles. The molecule has 2 aliphatic heterocycles. The molecule has 0 spiro atoms. The van der Waals surface area contributed by atoms with Crippen molar-refractivity contribution >= 4 is 5.97 Å². The van der Waals surface area contributed by atoms with Crippen LogP contribution in [0.25, 0.3) is 0 Å². The Hall–Kier alpha value is -2.31. The van der Waals surface area contributed by atoms with Gasteiger partial charge in [0.25, 0.3) is 0 Å². The van der Waals surface area contributed by atoms with Gasteiger partial charge in [-0.25, -0.2) is 0 Å². The van der Waals surface area contributed by atoms with Gasteiger partial charge in [-0.1, -0.05) is 158 Å². The lowest BCUT2D eigenvalue weighted by Gasteiger charge is -2.42. The molecule has 14 heteroatoms. The molecule has 14 nitrogen and oxygen atoms in total. The number of rotatable bonds is 41. The van der Waals surface area contributed by atoms with Crippen LogP contribution in [0.2, 0.25) is 0 Å². The van der Waals surface area contributed by atoms with Crippen LogP contribution < -0.4 is 0 Å². The second kappa shape index (κ2) is 41.3. The van der Waals surface area contributed by atoms with Crippen LogP contribution in [0.1, 0.15) is 174 Å². The van der Waals surface area contributed by atoms with E-state index in [0.29, 0.717) is 13.0 Å². The van der Waals surface area contributed by atoms with E-state index in [2.05, 4.69) is 74.6 Å². The fourth-order valence-electron chi connectivity index (χ4n) is 7.98. The van der Waals surface area contributed by atoms with Crippen LogP contribution in [0.15, 0.2) is 60.8 Å². The van der Waals surface area contributed by atoms with Gasteiger partial charge in [-0.05, 0) is 70.6 Å². The van der Waals surface area contributed by atoms with Crippen molar-refractivity contribution in [2.24, 2.45) is 0 Å². The Bertz CT molecular complexity index is 1350. The normalized spacial score (nSPS) is 26.4. The molecule has 7 N–H and O–H groups in total. The number of esters is 1. The van der Waals surface area contributed by atoms with Crippen LogP contribution in [0.4, 0.5) is 0 Å². The topological polar surface area (TPSA) is 214 Å². The highest BCUT2D eigenvalue weighted by Crippen LogP contribution is 2.26. The predicted molar refractivity (Wildman–Crippen MR) is 266 cm³/mol. The Morgan fingerprint density at radius 2 is 0.956 bits per heavy atom. The first kappa shape index (κ1) is 61.8. The van der Waals surface area contributed by atoms with E-state index in [0.717, 1.165) is 96.3 Å². The minimum Gasteiger partial charge on any atom is -0.457 e. The summed E-state index contributed by atoms with van der Waals surface area (Å²) >= 11 is 0. The summed E-state index contributed by atoms with van der Waals surface area (Å²) in [5.41, 5.74) is 0. The molecule has 0 aromatic heterocycles. The zero-order valence-corrected chi connectivity index (χ0v) is 41.8. The minimum atomic E-state index is -1.71. The third-order valence-electron chi connectivity index (χ3n) is 12.2. The van der Waals surface area contributed by atoms with Crippen molar-refractivity contribution in [1.29, 1.82) is 0 Å². The molecule has 0 aliphatic carbocycles. The molecule has 2 rings (SSSR count). The SMILES string of the molecule is CC/C=C\C/C=C\C/C=C\C/C=C\CCCCCCCCCCCCCOCC(COC1OC(COC2OC(CO)C(O)C(O)C2O)C(O)C(O)C1O)OC(=O)CCCCCCC/C=C\CCC. The van der Waals surface area contributed by atoms with Crippen LogP contribution in [-0.4, -0.2) is 142 Å². The van der Waals surface area contributed by atoms with Crippen molar-refractivity contribution in [2.75, 3.05) is 33.0 Å². The van der Waals surface area contributed by atoms with E-state index in [1.54, 1.807) is 0 Å². The summed E-state index contributed by atoms with van der Waals surface area (Å²) in [5, 5.41) is 72.1. The van der Waals surface area contributed by atoms with Crippen molar-refractivity contribution < 1.29 is 69.0 Å². The van der Waals surface area contributed by atoms with Gasteiger partial charge in [0.2, 0.25) is 0 Å². The standard InChI is InChI=1S/C54H94O14/c1-3-5-7-9-11-13-15-16-17-18-19-20-21-22-23-24-25-26-27-28-30-32-34-36-38-63-40-43(66-46(56)37-35-33-31-29-14-12-10-8-6-4-2)41-64-53-52(62)50(60)48(58)45(68-53)42-65-54-51(61)49(59)47(57)44(39-55)67-54/h5,7-8,10-11,13,16-17,19-20,43-45,47-55,57-62H,3-4,6,9,12,14-15,18,21-42H2,1-2H3/b7-5-,10-8-,13-11-,17-16-,20-19-. The zero-order valence-electron chi connectivity index (χ0n) is 41.8. The van der Waals surface area contributed by atoms with E-state index in [4.69, 9.17) is 28.4 Å². The molecule has 0 radical (unpaired) electrons. The number of aliphatic hydroxyl groups is 7. The predicted octanol–water partition coefficient (Wildman–Crippen LogP) is 8.13. The van der Waals surface area contributed by atoms with Crippen molar-refractivity contribution in [3.05, 3.63) is 60.8 Å². The quantitative estimate of drug-likeness (QED) is 0.0175. The Morgan fingerprint density at radius 3 is 1.51 bits per heavy atom. The number of unbranched alkanes of at least 4 members (excludes halogenated alkanes) is 17. The number of hydrogen-bond acceptors (Lipinski definition) is 14. The Labute approximate surface area is 409 Å². The van der Waals surface area contributed by atoms with Gasteiger partial charge in [0.15, 0.2) is 12.6 Å². The van der Waals surface area contributed by atoms with Gasteiger partial charge in [-0.15, -0.1) is 0 Å². The van der Waals surface area contributed by atoms with Gasteiger partial charge >= 0.3 is 5.97 Å². The fraction of sp³-hybridized carbons (Fsp3) is 0.796. The van der Waals surface area contributed by atoms with E-state index in [1.165, 1.54) is 51.4 Å². The molecule has 68 heavy (non-hydrogen) atoms. The van der Waals surface area contributed by atoms with Gasteiger partial charge < -0.3 is 64.2 Å². The summed E-state index contributed by atoms with van der Waals surface area (Å²) in [4.78, 5) is 12.9. The number of allylic oxidation sites excluding steroid dienone is 10. The molecule has 0 aromatic carbocycles. The molecular formula is C54H94O14. The van der Waals surface area contributed by atoms with E-state index in [9.17, 15) is 40.5 Å². The van der Waals surface area contributed by atoms with E-state index < -0.39 is 86.7 Å². The molecule has 394 valence electrons. The third-order valence-corrected chi connectivity index (χ3v) is 12.2. The molecule has 2 aliphatic rings. The number of carbonyl (C=O) groups is 1. The van der Waals surface area contributed by atoms with E-state index >= 15 is 0 Å². The van der Waals surface area contributed by atoms with Gasteiger partial charge in [-0.2, -0.15) is 0 Å². The number of ether oxygens (including phenoxy) is 6. The van der Waals surface area contributed by atoms with Crippen LogP contribution in [0.3, 0.4) is 0 Å². The second-order valence-corrected chi connectivity index (χ2v) is 18.3. The Morgan fingerprint density at radius 1 is 0.500 bits per heavy atom. The van der Waals surface area contributed by atoms with E-state index in [1.807, 2.05) is 0 Å². The lowest BCUT2D eigenvalue weighted by Crippen LogP contribution is -2.61. The monoisotopic (exact) mass is 967 g/mol. The summed E-state index contributed by atoms with van der Waals surface area (Å²) < 4.78 is 34.2. The van der Waals surface area contributed by atoms with E-state index in [-0.39, 0.29) is 19.6 Å². The first-order valence-corrected chi connectivity index (χ1v) is 26.4. The highest BCUT2D eigenvalue weighted by atomic mass is 16.7. The zero-order chi connectivity index (χ0) is 49.5. The van der Waals surface area contributed by atoms with Crippen LogP contribution in [-0.2, 0) is 33.2 Å². The summed E-state index contributed by atoms with van der Waals surface area (Å²) in [7, 11) is 0. The molecule has 0 amide bonds. The second-order valence-electron chi connectivity index (χ2n) is 18.3. The number of aliphatic hydroxyl groups excluding tert-OH is 7. The average Bonchev–Trinajstić information content (AvgIpc) is 3.33. The summed E-state index contributed by atoms with van der Waals surface area (Å²) in [6.07, 6.45) is 33.0. The molecule has 2 fully saturated rings. The van der Waals surface area contributed by atoms with Crippen molar-refractivity contribution in [3.63, 3.8) is 0 Å². The maximum atomic E-state index is 12.9. The minimum absolute atomic E-state index is 0.0539. The first-order valence-electron chi connectivity index (χ1n) is 26.4. The molecular weight excluding hydrogens is 873 g/mol. The maximum Gasteiger partial charge on any atom is 0.306 e. The molecule has 0 saturated carbocycles. The molecule has 11 atom stereocenters. The van der Waals surface area contributed by atoms with Crippen LogP contribution in [0.5, 0.6) is 0 Å². The van der Waals surface area contributed by atoms with Gasteiger partial charge in [0.1, 0.15) is 54.9 Å². The summed E-state index contributed by atoms with van der Waals surface area (Å²) in [6.45, 7) is 3.48. The number of carbonyl (C=O) groups excluding carboxylic acids is 1. The van der Waals surface area contributed by atoms with Gasteiger partial charge in [0, 0.05) is 13.0 Å². The average molecular weight is 967 g/mol. The van der Waals surface area contributed by atoms with Gasteiger partial charge in [-0.3, -0.25) is 4.79 Å². The fourth-order valence-corrected chi connectivity index (χ4v) is 7.98. The Balaban J connectivity index is 1.69. The van der Waals surface area contributed by atoms with Crippen LogP contribution in [0, 0.1) is 0 Å². The maximum absolute atomic E-state index is 12.9. The lowest BCUT2D eigenvalue weighted by molar-refractivity contribution is -0.332. The van der Waals surface area contributed by atoms with Crippen LogP contribution >= 0.6 is 0 Å². The third kappa shape index (κ3) is 28.5. The number of hydrogen-bond donors (Lipinski definition) is 7. The largest absolute Gasteiger partial charge is 0.457 e. The first-order chi connectivity index (χ1) is 33.1. The molecule has 0 aromatic rings. The molecule has 11 unspecified atom stereocenters. The summed E-state index contributed by atoms with van der Waals surface area (Å²) in [5.74, 6) is -0.391. The Kier molecular flexibility index (Phi) is 37.6. The molecule has 2 heterocycles. The van der Waals surface area contributed by atoms with Crippen molar-refractivity contribution in [2.45, 2.75) is 242 Å². The lowest BCUT2D eigenvalue weighted by atomic mass is 9.98. The summed E-state index contributed by atoms with van der Waals surface area (Å²) in [6, 6.07) is 0. The molecule has 0 bridgehead atoms. The highest BCUT2D eigenvalue weighted by Gasteiger charge is 2.47. The van der Waals surface area contributed by atoms with Gasteiger partial charge in [0.05, 0.1) is 26.4 Å². The smallest absolute Gasteiger partial charge is 0.306 e.